The Bertz CT molecular complexity index is 198. The maximum atomic E-state index is 11.2. The van der Waals surface area contributed by atoms with Crippen molar-refractivity contribution in [1.82, 2.24) is 4.90 Å². The van der Waals surface area contributed by atoms with Gasteiger partial charge < -0.3 is 15.4 Å². The van der Waals surface area contributed by atoms with Crippen molar-refractivity contribution >= 4 is 5.91 Å². The molecular formula is C10H20N2O2. The molecule has 0 unspecified atom stereocenters. The van der Waals surface area contributed by atoms with Crippen LogP contribution in [0.3, 0.4) is 0 Å². The molecule has 1 aliphatic rings. The minimum Gasteiger partial charge on any atom is -0.370 e. The summed E-state index contributed by atoms with van der Waals surface area (Å²) in [5.41, 5.74) is 5.90. The van der Waals surface area contributed by atoms with E-state index in [9.17, 15) is 4.79 Å². The Morgan fingerprint density at radius 2 is 2.00 bits per heavy atom. The van der Waals surface area contributed by atoms with Gasteiger partial charge in [-0.15, -0.1) is 0 Å². The zero-order valence-electron chi connectivity index (χ0n) is 9.08. The maximum absolute atomic E-state index is 11.2. The van der Waals surface area contributed by atoms with Gasteiger partial charge in [0.05, 0.1) is 6.61 Å². The first-order valence-electron chi connectivity index (χ1n) is 5.10. The summed E-state index contributed by atoms with van der Waals surface area (Å²) < 4.78 is 5.33. The number of ether oxygens (including phenoxy) is 1. The lowest BCUT2D eigenvalue weighted by Gasteiger charge is -2.23. The van der Waals surface area contributed by atoms with Crippen LogP contribution in [-0.4, -0.2) is 43.7 Å². The lowest BCUT2D eigenvalue weighted by atomic mass is 10.0. The van der Waals surface area contributed by atoms with Crippen LogP contribution in [0.4, 0.5) is 0 Å². The fraction of sp³-hybridized carbons (Fsp3) is 0.900. The van der Waals surface area contributed by atoms with Crippen molar-refractivity contribution in [3.63, 3.8) is 0 Å². The van der Waals surface area contributed by atoms with E-state index in [2.05, 4.69) is 0 Å². The quantitative estimate of drug-likeness (QED) is 0.713. The van der Waals surface area contributed by atoms with Crippen molar-refractivity contribution in [3.8, 4) is 0 Å². The van der Waals surface area contributed by atoms with E-state index in [0.29, 0.717) is 6.61 Å². The Morgan fingerprint density at radius 3 is 2.50 bits per heavy atom. The molecule has 0 bridgehead atoms. The third kappa shape index (κ3) is 3.27. The Kier molecular flexibility index (Phi) is 3.89. The first-order valence-corrected chi connectivity index (χ1v) is 5.10. The molecule has 1 saturated carbocycles. The van der Waals surface area contributed by atoms with Gasteiger partial charge >= 0.3 is 0 Å². The lowest BCUT2D eigenvalue weighted by Crippen LogP contribution is -2.42. The van der Waals surface area contributed by atoms with Gasteiger partial charge in [0.25, 0.3) is 0 Å². The Balaban J connectivity index is 2.17. The smallest absolute Gasteiger partial charge is 0.248 e. The summed E-state index contributed by atoms with van der Waals surface area (Å²) in [6.07, 6.45) is 4.40. The second-order valence-corrected chi connectivity index (χ2v) is 4.35. The van der Waals surface area contributed by atoms with E-state index in [1.54, 1.807) is 14.1 Å². The minimum absolute atomic E-state index is 0.00778. The predicted octanol–water partition coefficient (Wildman–Crippen LogP) is 0.363. The minimum atomic E-state index is -0.174. The summed E-state index contributed by atoms with van der Waals surface area (Å²) in [6.45, 7) is 0.651. The number of carbonyl (C=O) groups is 1. The molecule has 1 rings (SSSR count). The van der Waals surface area contributed by atoms with Crippen molar-refractivity contribution in [1.29, 1.82) is 0 Å². The highest BCUT2D eigenvalue weighted by Crippen LogP contribution is 2.27. The number of nitrogens with zero attached hydrogens (tertiary/aromatic N) is 1. The topological polar surface area (TPSA) is 55.6 Å². The van der Waals surface area contributed by atoms with Gasteiger partial charge in [0, 0.05) is 19.6 Å². The summed E-state index contributed by atoms with van der Waals surface area (Å²) in [5.74, 6) is -0.00778. The van der Waals surface area contributed by atoms with E-state index in [1.807, 2.05) is 0 Å². The van der Waals surface area contributed by atoms with Crippen LogP contribution in [0.15, 0.2) is 0 Å². The monoisotopic (exact) mass is 200 g/mol. The average molecular weight is 200 g/mol. The van der Waals surface area contributed by atoms with E-state index >= 15 is 0 Å². The van der Waals surface area contributed by atoms with Gasteiger partial charge in [-0.05, 0) is 12.8 Å². The predicted molar refractivity (Wildman–Crippen MR) is 54.9 cm³/mol. The molecule has 4 heteroatoms. The maximum Gasteiger partial charge on any atom is 0.248 e. The molecule has 1 amide bonds. The van der Waals surface area contributed by atoms with E-state index in [-0.39, 0.29) is 18.1 Å². The number of rotatable bonds is 4. The summed E-state index contributed by atoms with van der Waals surface area (Å²) in [7, 11) is 3.44. The second-order valence-electron chi connectivity index (χ2n) is 4.35. The van der Waals surface area contributed by atoms with Crippen molar-refractivity contribution in [3.05, 3.63) is 0 Å². The van der Waals surface area contributed by atoms with Gasteiger partial charge in [0.15, 0.2) is 0 Å². The molecule has 0 saturated heterocycles. The van der Waals surface area contributed by atoms with Gasteiger partial charge in [0.2, 0.25) is 5.91 Å². The van der Waals surface area contributed by atoms with Crippen LogP contribution >= 0.6 is 0 Å². The van der Waals surface area contributed by atoms with Crippen LogP contribution in [0.25, 0.3) is 0 Å². The van der Waals surface area contributed by atoms with Crippen molar-refractivity contribution < 1.29 is 9.53 Å². The van der Waals surface area contributed by atoms with Gasteiger partial charge in [-0.1, -0.05) is 12.8 Å². The number of amides is 1. The molecule has 4 nitrogen and oxygen atoms in total. The molecule has 82 valence electrons. The number of nitrogens with two attached hydrogens (primary N) is 1. The van der Waals surface area contributed by atoms with Crippen LogP contribution in [0.2, 0.25) is 0 Å². The van der Waals surface area contributed by atoms with E-state index in [0.717, 1.165) is 12.8 Å². The third-order valence-corrected chi connectivity index (χ3v) is 2.71. The first-order chi connectivity index (χ1) is 6.53. The number of carbonyl (C=O) groups excluding carboxylic acids is 1. The van der Waals surface area contributed by atoms with E-state index < -0.39 is 0 Å². The zero-order valence-corrected chi connectivity index (χ0v) is 9.08. The Morgan fingerprint density at radius 1 is 1.43 bits per heavy atom. The summed E-state index contributed by atoms with van der Waals surface area (Å²) in [6, 6.07) is 0. The highest BCUT2D eigenvalue weighted by molar-refractivity contribution is 5.76. The van der Waals surface area contributed by atoms with E-state index in [1.165, 1.54) is 17.7 Å². The summed E-state index contributed by atoms with van der Waals surface area (Å²) in [4.78, 5) is 12.7. The van der Waals surface area contributed by atoms with Gasteiger partial charge in [0.1, 0.15) is 6.61 Å². The molecule has 0 spiro atoms. The fourth-order valence-electron chi connectivity index (χ4n) is 1.69. The molecule has 0 radical (unpaired) electrons. The normalized spacial score (nSPS) is 19.6. The van der Waals surface area contributed by atoms with Crippen molar-refractivity contribution in [2.75, 3.05) is 27.3 Å². The molecule has 1 aliphatic carbocycles. The Labute approximate surface area is 85.4 Å². The highest BCUT2D eigenvalue weighted by Gasteiger charge is 2.29. The van der Waals surface area contributed by atoms with Crippen LogP contribution in [0.5, 0.6) is 0 Å². The average Bonchev–Trinajstić information content (AvgIpc) is 2.52. The van der Waals surface area contributed by atoms with Crippen molar-refractivity contribution in [2.24, 2.45) is 5.73 Å². The second kappa shape index (κ2) is 4.75. The van der Waals surface area contributed by atoms with Gasteiger partial charge in [-0.2, -0.15) is 0 Å². The molecule has 14 heavy (non-hydrogen) atoms. The van der Waals surface area contributed by atoms with Crippen LogP contribution in [0, 0.1) is 0 Å². The molecule has 0 aromatic carbocycles. The molecule has 2 N–H and O–H groups in total. The molecule has 0 aromatic rings. The molecule has 0 atom stereocenters. The summed E-state index contributed by atoms with van der Waals surface area (Å²) >= 11 is 0. The van der Waals surface area contributed by atoms with Gasteiger partial charge in [-0.25, -0.2) is 0 Å². The molecule has 1 fully saturated rings. The van der Waals surface area contributed by atoms with Gasteiger partial charge in [-0.3, -0.25) is 4.79 Å². The third-order valence-electron chi connectivity index (χ3n) is 2.71. The number of hydrogen-bond donors (Lipinski definition) is 1. The van der Waals surface area contributed by atoms with Crippen LogP contribution < -0.4 is 5.73 Å². The molecule has 0 heterocycles. The highest BCUT2D eigenvalue weighted by atomic mass is 16.5. The first kappa shape index (κ1) is 11.5. The van der Waals surface area contributed by atoms with Crippen LogP contribution in [-0.2, 0) is 9.53 Å². The lowest BCUT2D eigenvalue weighted by molar-refractivity contribution is -0.134. The van der Waals surface area contributed by atoms with E-state index in [4.69, 9.17) is 10.5 Å². The number of hydrogen-bond acceptors (Lipinski definition) is 3. The van der Waals surface area contributed by atoms with Crippen molar-refractivity contribution in [2.45, 2.75) is 31.2 Å². The molecular weight excluding hydrogens is 180 g/mol. The zero-order chi connectivity index (χ0) is 10.6. The summed E-state index contributed by atoms with van der Waals surface area (Å²) in [5, 5.41) is 0. The Hall–Kier alpha value is -0.610. The largest absolute Gasteiger partial charge is 0.370 e. The number of likely N-dealkylation sites (N-methyl/N-ethyl adjacent to an activating group) is 1. The molecule has 0 aliphatic heterocycles. The SMILES string of the molecule is CN(C)C(=O)COCC1(N)CCCC1. The standard InChI is InChI=1S/C10H20N2O2/c1-12(2)9(13)7-14-8-10(11)5-3-4-6-10/h3-8,11H2,1-2H3. The van der Waals surface area contributed by atoms with Crippen LogP contribution in [0.1, 0.15) is 25.7 Å². The fourth-order valence-corrected chi connectivity index (χ4v) is 1.69. The molecule has 0 aromatic heterocycles.